The molecule has 0 bridgehead atoms. The number of carbonyl (C=O) groups is 2. The van der Waals surface area contributed by atoms with E-state index >= 15 is 0 Å². The molecule has 0 saturated carbocycles. The molecule has 2 heterocycles. The van der Waals surface area contributed by atoms with Crippen molar-refractivity contribution in [2.75, 3.05) is 0 Å². The summed E-state index contributed by atoms with van der Waals surface area (Å²) in [5.74, 6) is -0.893. The van der Waals surface area contributed by atoms with Crippen LogP contribution in [0, 0.1) is 6.92 Å². The van der Waals surface area contributed by atoms with E-state index < -0.39 is 11.8 Å². The number of aryl methyl sites for hydroxylation is 1. The maximum Gasteiger partial charge on any atom is 0.288 e. The fraction of sp³-hybridized carbons (Fsp3) is 0.0476. The molecular weight excluding hydrogens is 340 g/mol. The van der Waals surface area contributed by atoms with Crippen LogP contribution in [-0.2, 0) is 0 Å². The summed E-state index contributed by atoms with van der Waals surface area (Å²) in [4.78, 5) is 33.7. The van der Waals surface area contributed by atoms with E-state index in [9.17, 15) is 9.59 Å². The zero-order valence-electron chi connectivity index (χ0n) is 14.6. The Balaban J connectivity index is 1.54. The first kappa shape index (κ1) is 16.7. The Hall–Kier alpha value is -3.80. The van der Waals surface area contributed by atoms with Gasteiger partial charge in [0.05, 0.1) is 16.6 Å². The quantitative estimate of drug-likeness (QED) is 0.540. The van der Waals surface area contributed by atoms with Crippen molar-refractivity contribution in [3.05, 3.63) is 83.7 Å². The van der Waals surface area contributed by atoms with E-state index in [-0.39, 0.29) is 5.69 Å². The van der Waals surface area contributed by atoms with Crippen molar-refractivity contribution in [1.29, 1.82) is 0 Å². The van der Waals surface area contributed by atoms with Gasteiger partial charge >= 0.3 is 0 Å². The smallest absolute Gasteiger partial charge is 0.267 e. The molecule has 2 amide bonds. The van der Waals surface area contributed by atoms with Crippen LogP contribution < -0.4 is 10.9 Å². The number of pyridine rings is 2. The van der Waals surface area contributed by atoms with Gasteiger partial charge in [0.15, 0.2) is 0 Å². The Kier molecular flexibility index (Phi) is 4.22. The van der Waals surface area contributed by atoms with Crippen molar-refractivity contribution in [3.63, 3.8) is 0 Å². The van der Waals surface area contributed by atoms with E-state index in [4.69, 9.17) is 0 Å². The van der Waals surface area contributed by atoms with Gasteiger partial charge in [0.2, 0.25) is 0 Å². The molecule has 27 heavy (non-hydrogen) atoms. The number of nitrogens with one attached hydrogen (secondary N) is 2. The zero-order valence-corrected chi connectivity index (χ0v) is 14.6. The molecular formula is C21H16N4O2. The van der Waals surface area contributed by atoms with Crippen molar-refractivity contribution in [1.82, 2.24) is 20.8 Å². The van der Waals surface area contributed by atoms with Gasteiger partial charge in [0.1, 0.15) is 5.69 Å². The number of hydrogen-bond donors (Lipinski definition) is 2. The molecule has 0 unspecified atom stereocenters. The lowest BCUT2D eigenvalue weighted by Gasteiger charge is -2.10. The molecule has 4 aromatic rings. The first-order valence-corrected chi connectivity index (χ1v) is 8.45. The van der Waals surface area contributed by atoms with Crippen LogP contribution in [0.25, 0.3) is 21.8 Å². The van der Waals surface area contributed by atoms with Gasteiger partial charge in [-0.2, -0.15) is 0 Å². The van der Waals surface area contributed by atoms with Crippen LogP contribution in [0.3, 0.4) is 0 Å². The molecule has 0 spiro atoms. The second kappa shape index (κ2) is 6.84. The summed E-state index contributed by atoms with van der Waals surface area (Å²) >= 11 is 0. The third-order valence-electron chi connectivity index (χ3n) is 4.21. The molecule has 4 rings (SSSR count). The number of hydrazine groups is 1. The highest BCUT2D eigenvalue weighted by Gasteiger charge is 2.14. The predicted molar refractivity (Wildman–Crippen MR) is 103 cm³/mol. The van der Waals surface area contributed by atoms with E-state index in [1.807, 2.05) is 61.5 Å². The molecule has 0 fully saturated rings. The second-order valence-electron chi connectivity index (χ2n) is 6.13. The van der Waals surface area contributed by atoms with Gasteiger partial charge in [-0.3, -0.25) is 25.4 Å². The van der Waals surface area contributed by atoms with Crippen molar-refractivity contribution in [3.8, 4) is 0 Å². The van der Waals surface area contributed by atoms with E-state index in [1.54, 1.807) is 12.1 Å². The summed E-state index contributed by atoms with van der Waals surface area (Å²) in [5, 5.41) is 1.66. The van der Waals surface area contributed by atoms with Gasteiger partial charge < -0.3 is 0 Å². The number of fused-ring (bicyclic) bond motifs is 2. The third-order valence-corrected chi connectivity index (χ3v) is 4.21. The number of rotatable bonds is 2. The highest BCUT2D eigenvalue weighted by molar-refractivity contribution is 6.07. The van der Waals surface area contributed by atoms with Gasteiger partial charge in [-0.1, -0.05) is 42.5 Å². The highest BCUT2D eigenvalue weighted by atomic mass is 16.2. The molecule has 6 heteroatoms. The Morgan fingerprint density at radius 3 is 2.33 bits per heavy atom. The number of benzene rings is 2. The first-order chi connectivity index (χ1) is 13.1. The predicted octanol–water partition coefficient (Wildman–Crippen LogP) is 3.17. The minimum absolute atomic E-state index is 0.227. The molecule has 132 valence electrons. The molecule has 0 aliphatic heterocycles. The summed E-state index contributed by atoms with van der Waals surface area (Å²) in [7, 11) is 0. The zero-order chi connectivity index (χ0) is 18.8. The Morgan fingerprint density at radius 1 is 0.778 bits per heavy atom. The van der Waals surface area contributed by atoms with Crippen LogP contribution >= 0.6 is 0 Å². The maximum absolute atomic E-state index is 12.6. The van der Waals surface area contributed by atoms with Crippen LogP contribution in [0.4, 0.5) is 0 Å². The van der Waals surface area contributed by atoms with Gasteiger partial charge in [-0.15, -0.1) is 0 Å². The minimum Gasteiger partial charge on any atom is -0.267 e. The molecule has 0 aliphatic rings. The van der Waals surface area contributed by atoms with Crippen molar-refractivity contribution in [2.45, 2.75) is 6.92 Å². The Labute approximate surface area is 155 Å². The van der Waals surface area contributed by atoms with Crippen LogP contribution in [0.5, 0.6) is 0 Å². The Morgan fingerprint density at radius 2 is 1.48 bits per heavy atom. The third kappa shape index (κ3) is 3.32. The summed E-state index contributed by atoms with van der Waals surface area (Å²) in [6.07, 6.45) is 0. The van der Waals surface area contributed by atoms with Crippen LogP contribution in [0.1, 0.15) is 26.5 Å². The molecule has 0 atom stereocenters. The van der Waals surface area contributed by atoms with Gasteiger partial charge in [0.25, 0.3) is 11.8 Å². The number of amides is 2. The SMILES string of the molecule is Cc1cc(C(=O)NNC(=O)c2ccc3ccccc3n2)c2ccccc2n1. The lowest BCUT2D eigenvalue weighted by atomic mass is 10.1. The van der Waals surface area contributed by atoms with E-state index in [0.29, 0.717) is 11.1 Å². The number of para-hydroxylation sites is 2. The molecule has 2 aromatic carbocycles. The topological polar surface area (TPSA) is 84.0 Å². The lowest BCUT2D eigenvalue weighted by Crippen LogP contribution is -2.42. The number of aromatic nitrogens is 2. The normalized spacial score (nSPS) is 10.7. The second-order valence-corrected chi connectivity index (χ2v) is 6.13. The fourth-order valence-electron chi connectivity index (χ4n) is 2.93. The molecule has 0 aliphatic carbocycles. The molecule has 6 nitrogen and oxygen atoms in total. The highest BCUT2D eigenvalue weighted by Crippen LogP contribution is 2.18. The monoisotopic (exact) mass is 356 g/mol. The molecule has 0 saturated heterocycles. The van der Waals surface area contributed by atoms with Crippen molar-refractivity contribution in [2.24, 2.45) is 0 Å². The number of nitrogens with zero attached hydrogens (tertiary/aromatic N) is 2. The summed E-state index contributed by atoms with van der Waals surface area (Å²) < 4.78 is 0. The van der Waals surface area contributed by atoms with E-state index in [2.05, 4.69) is 20.8 Å². The van der Waals surface area contributed by atoms with E-state index in [0.717, 1.165) is 22.0 Å². The van der Waals surface area contributed by atoms with E-state index in [1.165, 1.54) is 0 Å². The first-order valence-electron chi connectivity index (χ1n) is 8.45. The van der Waals surface area contributed by atoms with Gasteiger partial charge in [-0.25, -0.2) is 4.98 Å². The standard InChI is InChI=1S/C21H16N4O2/c1-13-12-16(15-7-3-5-9-18(15)22-13)20(26)24-25-21(27)19-11-10-14-6-2-4-8-17(14)23-19/h2-12H,1H3,(H,24,26)(H,25,27). The summed E-state index contributed by atoms with van der Waals surface area (Å²) in [6.45, 7) is 1.82. The van der Waals surface area contributed by atoms with Gasteiger partial charge in [-0.05, 0) is 31.2 Å². The van der Waals surface area contributed by atoms with Gasteiger partial charge in [0, 0.05) is 16.5 Å². The largest absolute Gasteiger partial charge is 0.288 e. The summed E-state index contributed by atoms with van der Waals surface area (Å²) in [6, 6.07) is 20.0. The maximum atomic E-state index is 12.6. The molecule has 0 radical (unpaired) electrons. The average molecular weight is 356 g/mol. The fourth-order valence-corrected chi connectivity index (χ4v) is 2.93. The summed E-state index contributed by atoms with van der Waals surface area (Å²) in [5.41, 5.74) is 7.72. The van der Waals surface area contributed by atoms with Crippen LogP contribution in [0.2, 0.25) is 0 Å². The van der Waals surface area contributed by atoms with Crippen molar-refractivity contribution < 1.29 is 9.59 Å². The number of hydrogen-bond acceptors (Lipinski definition) is 4. The molecule has 2 aromatic heterocycles. The molecule has 2 N–H and O–H groups in total. The van der Waals surface area contributed by atoms with Crippen LogP contribution in [-0.4, -0.2) is 21.8 Å². The Bertz CT molecular complexity index is 1190. The van der Waals surface area contributed by atoms with Crippen molar-refractivity contribution >= 4 is 33.6 Å². The number of carbonyl (C=O) groups excluding carboxylic acids is 2. The lowest BCUT2D eigenvalue weighted by molar-refractivity contribution is 0.0845. The van der Waals surface area contributed by atoms with Crippen LogP contribution in [0.15, 0.2) is 66.7 Å². The minimum atomic E-state index is -0.482. The average Bonchev–Trinajstić information content (AvgIpc) is 2.70.